The molecule has 1 aliphatic heterocycles. The Labute approximate surface area is 192 Å². The van der Waals surface area contributed by atoms with Crippen LogP contribution in [0.15, 0.2) is 40.4 Å². The molecule has 4 rings (SSSR count). The van der Waals surface area contributed by atoms with Gasteiger partial charge in [0.05, 0.1) is 6.04 Å². The largest absolute Gasteiger partial charge is 0.355 e. The van der Waals surface area contributed by atoms with E-state index in [1.54, 1.807) is 9.80 Å². The molecule has 0 bridgehead atoms. The zero-order chi connectivity index (χ0) is 23.7. The summed E-state index contributed by atoms with van der Waals surface area (Å²) in [4.78, 5) is 30.2. The maximum atomic E-state index is 13.6. The summed E-state index contributed by atoms with van der Waals surface area (Å²) in [5.41, 5.74) is 1.51. The van der Waals surface area contributed by atoms with Crippen molar-refractivity contribution in [3.05, 3.63) is 53.2 Å². The summed E-state index contributed by atoms with van der Waals surface area (Å²) >= 11 is 0. The van der Waals surface area contributed by atoms with Gasteiger partial charge in [0.2, 0.25) is 5.91 Å². The minimum atomic E-state index is -1.01. The number of piperazine rings is 1. The first-order valence-corrected chi connectivity index (χ1v) is 11.4. The average Bonchev–Trinajstić information content (AvgIpc) is 3.29. The molecule has 2 amide bonds. The van der Waals surface area contributed by atoms with Crippen molar-refractivity contribution in [2.24, 2.45) is 5.92 Å². The Hall–Kier alpha value is -3.03. The van der Waals surface area contributed by atoms with Crippen LogP contribution in [0, 0.1) is 17.6 Å². The maximum Gasteiger partial charge on any atom is 0.276 e. The number of allylic oxidation sites excluding steroid dienone is 1. The lowest BCUT2D eigenvalue weighted by Gasteiger charge is -2.45. The normalized spacial score (nSPS) is 21.5. The van der Waals surface area contributed by atoms with Crippen LogP contribution in [0.5, 0.6) is 0 Å². The number of likely N-dealkylation sites (N-methyl/N-ethyl adjacent to an activating group) is 1. The molecule has 176 valence electrons. The van der Waals surface area contributed by atoms with Crippen LogP contribution in [0.3, 0.4) is 0 Å². The third kappa shape index (κ3) is 4.70. The van der Waals surface area contributed by atoms with Crippen LogP contribution in [-0.2, 0) is 4.79 Å². The lowest BCUT2D eigenvalue weighted by atomic mass is 9.89. The number of aromatic nitrogens is 1. The van der Waals surface area contributed by atoms with E-state index in [1.807, 2.05) is 20.9 Å². The first-order chi connectivity index (χ1) is 15.8. The Morgan fingerprint density at radius 3 is 2.67 bits per heavy atom. The van der Waals surface area contributed by atoms with Crippen molar-refractivity contribution in [1.29, 1.82) is 0 Å². The van der Waals surface area contributed by atoms with Gasteiger partial charge in [0, 0.05) is 25.2 Å². The third-order valence-corrected chi connectivity index (χ3v) is 6.49. The number of carbonyl (C=O) groups excluding carboxylic acids is 2. The Bertz CT molecular complexity index is 1080. The molecule has 33 heavy (non-hydrogen) atoms. The summed E-state index contributed by atoms with van der Waals surface area (Å²) in [5, 5.41) is 3.89. The van der Waals surface area contributed by atoms with Crippen molar-refractivity contribution < 1.29 is 22.9 Å². The molecule has 1 aromatic heterocycles. The number of rotatable bonds is 5. The van der Waals surface area contributed by atoms with E-state index in [0.717, 1.165) is 37.8 Å². The van der Waals surface area contributed by atoms with Crippen molar-refractivity contribution in [3.8, 4) is 11.3 Å². The zero-order valence-electron chi connectivity index (χ0n) is 19.2. The Morgan fingerprint density at radius 1 is 1.21 bits per heavy atom. The molecular weight excluding hydrogens is 428 g/mol. The van der Waals surface area contributed by atoms with Crippen LogP contribution in [0.25, 0.3) is 11.3 Å². The van der Waals surface area contributed by atoms with Crippen LogP contribution < -0.4 is 0 Å². The predicted octanol–water partition coefficient (Wildman–Crippen LogP) is 4.82. The molecular formula is C25H29F2N3O3. The number of carbonyl (C=O) groups is 2. The topological polar surface area (TPSA) is 66.7 Å². The number of hydrogen-bond acceptors (Lipinski definition) is 4. The molecule has 6 nitrogen and oxygen atoms in total. The molecule has 2 atom stereocenters. The summed E-state index contributed by atoms with van der Waals surface area (Å²) in [7, 11) is 1.81. The molecule has 0 spiro atoms. The van der Waals surface area contributed by atoms with Crippen molar-refractivity contribution in [3.63, 3.8) is 0 Å². The molecule has 0 radical (unpaired) electrons. The fourth-order valence-electron chi connectivity index (χ4n) is 4.70. The second-order valence-electron chi connectivity index (χ2n) is 9.30. The number of nitrogens with zero attached hydrogens (tertiary/aromatic N) is 3. The summed E-state index contributed by atoms with van der Waals surface area (Å²) in [6, 6.07) is 4.01. The fourth-order valence-corrected chi connectivity index (χ4v) is 4.70. The van der Waals surface area contributed by atoms with E-state index in [0.29, 0.717) is 13.0 Å². The molecule has 1 aliphatic carbocycles. The molecule has 1 aromatic carbocycles. The maximum absolute atomic E-state index is 13.6. The fraction of sp³-hybridized carbons (Fsp3) is 0.480. The van der Waals surface area contributed by atoms with Crippen LogP contribution in [0.4, 0.5) is 8.78 Å². The van der Waals surface area contributed by atoms with Gasteiger partial charge in [-0.25, -0.2) is 8.78 Å². The highest BCUT2D eigenvalue weighted by atomic mass is 19.2. The van der Waals surface area contributed by atoms with Crippen LogP contribution in [-0.4, -0.2) is 52.4 Å². The monoisotopic (exact) mass is 457 g/mol. The van der Waals surface area contributed by atoms with E-state index in [1.165, 1.54) is 17.7 Å². The van der Waals surface area contributed by atoms with E-state index >= 15 is 0 Å². The number of benzene rings is 1. The van der Waals surface area contributed by atoms with E-state index in [4.69, 9.17) is 4.52 Å². The second kappa shape index (κ2) is 9.45. The highest BCUT2D eigenvalue weighted by molar-refractivity contribution is 5.97. The molecule has 0 N–H and O–H groups in total. The van der Waals surface area contributed by atoms with Gasteiger partial charge < -0.3 is 14.3 Å². The lowest BCUT2D eigenvalue weighted by molar-refractivity contribution is -0.142. The second-order valence-corrected chi connectivity index (χ2v) is 9.30. The standard InChI is InChI=1S/C25H29F2N3O3/c1-15(2)11-21-25(32)29(3)22(16-7-5-4-6-8-16)14-30(21)24(31)20-13-23(33-28-20)17-9-10-18(26)19(27)12-17/h7,9-10,12-13,15,21-22H,4-6,8,11,14H2,1-3H3/t21-,22+/m0/s1. The summed E-state index contributed by atoms with van der Waals surface area (Å²) in [5.74, 6) is -2.09. The highest BCUT2D eigenvalue weighted by Crippen LogP contribution is 2.31. The predicted molar refractivity (Wildman–Crippen MR) is 119 cm³/mol. The van der Waals surface area contributed by atoms with Crippen molar-refractivity contribution in [2.75, 3.05) is 13.6 Å². The van der Waals surface area contributed by atoms with E-state index in [2.05, 4.69) is 11.2 Å². The van der Waals surface area contributed by atoms with E-state index < -0.39 is 23.6 Å². The third-order valence-electron chi connectivity index (χ3n) is 6.49. The number of hydrogen-bond donors (Lipinski definition) is 0. The summed E-state index contributed by atoms with van der Waals surface area (Å²) in [6.07, 6.45) is 6.85. The molecule has 2 aliphatic rings. The van der Waals surface area contributed by atoms with Gasteiger partial charge in [-0.15, -0.1) is 0 Å². The quantitative estimate of drug-likeness (QED) is 0.604. The molecule has 2 aromatic rings. The SMILES string of the molecule is CC(C)C[C@H]1C(=O)N(C)[C@@H](C2=CCCCC2)CN1C(=O)c1cc(-c2ccc(F)c(F)c2)on1. The van der Waals surface area contributed by atoms with Crippen molar-refractivity contribution in [1.82, 2.24) is 15.0 Å². The molecule has 0 saturated carbocycles. The van der Waals surface area contributed by atoms with Crippen LogP contribution >= 0.6 is 0 Å². The molecule has 2 heterocycles. The van der Waals surface area contributed by atoms with Gasteiger partial charge in [0.25, 0.3) is 5.91 Å². The van der Waals surface area contributed by atoms with Crippen LogP contribution in [0.2, 0.25) is 0 Å². The molecule has 0 unspecified atom stereocenters. The Balaban J connectivity index is 1.64. The van der Waals surface area contributed by atoms with Gasteiger partial charge in [0.1, 0.15) is 6.04 Å². The highest BCUT2D eigenvalue weighted by Gasteiger charge is 2.43. The Kier molecular flexibility index (Phi) is 6.63. The van der Waals surface area contributed by atoms with Gasteiger partial charge in [-0.3, -0.25) is 9.59 Å². The molecule has 8 heteroatoms. The molecule has 1 fully saturated rings. The van der Waals surface area contributed by atoms with Gasteiger partial charge in [-0.1, -0.05) is 30.7 Å². The van der Waals surface area contributed by atoms with Crippen molar-refractivity contribution in [2.45, 2.75) is 58.0 Å². The smallest absolute Gasteiger partial charge is 0.276 e. The van der Waals surface area contributed by atoms with Gasteiger partial charge >= 0.3 is 0 Å². The number of amides is 2. The number of halogens is 2. The van der Waals surface area contributed by atoms with Gasteiger partial charge in [0.15, 0.2) is 23.1 Å². The first-order valence-electron chi connectivity index (χ1n) is 11.4. The molecule has 1 saturated heterocycles. The lowest BCUT2D eigenvalue weighted by Crippen LogP contribution is -2.62. The zero-order valence-corrected chi connectivity index (χ0v) is 19.2. The Morgan fingerprint density at radius 2 is 2.00 bits per heavy atom. The minimum absolute atomic E-state index is 0.0391. The van der Waals surface area contributed by atoms with Gasteiger partial charge in [-0.2, -0.15) is 0 Å². The van der Waals surface area contributed by atoms with Gasteiger partial charge in [-0.05, 0) is 56.2 Å². The van der Waals surface area contributed by atoms with Crippen LogP contribution in [0.1, 0.15) is 56.4 Å². The first kappa shape index (κ1) is 23.1. The van der Waals surface area contributed by atoms with E-state index in [9.17, 15) is 18.4 Å². The summed E-state index contributed by atoms with van der Waals surface area (Å²) in [6.45, 7) is 4.42. The van der Waals surface area contributed by atoms with E-state index in [-0.39, 0.29) is 34.9 Å². The van der Waals surface area contributed by atoms with Crippen molar-refractivity contribution >= 4 is 11.8 Å². The summed E-state index contributed by atoms with van der Waals surface area (Å²) < 4.78 is 32.2. The minimum Gasteiger partial charge on any atom is -0.355 e. The average molecular weight is 458 g/mol.